The van der Waals surface area contributed by atoms with E-state index in [0.717, 1.165) is 0 Å². The third kappa shape index (κ3) is 2.17. The molecule has 10 heavy (non-hydrogen) atoms. The molecule has 0 aliphatic carbocycles. The van der Waals surface area contributed by atoms with Gasteiger partial charge in [-0.3, -0.25) is 9.59 Å². The molecule has 1 amide bonds. The number of carbonyl (C=O) groups is 1. The normalized spacial score (nSPS) is 15.8. The van der Waals surface area contributed by atoms with Crippen LogP contribution in [0, 0.1) is 11.8 Å². The molecule has 3 nitrogen and oxygen atoms in total. The van der Waals surface area contributed by atoms with Crippen LogP contribution in [0.25, 0.3) is 0 Å². The zero-order valence-corrected chi connectivity index (χ0v) is 6.26. The molecule has 0 bridgehead atoms. The molecule has 0 aromatic rings. The molecule has 2 N–H and O–H groups in total. The SMILES string of the molecule is CCC([C]=O)C(C)C(N)=O. The van der Waals surface area contributed by atoms with Crippen molar-refractivity contribution in [3.8, 4) is 0 Å². The maximum atomic E-state index is 10.5. The van der Waals surface area contributed by atoms with Gasteiger partial charge in [-0.25, -0.2) is 0 Å². The first-order valence-electron chi connectivity index (χ1n) is 3.30. The van der Waals surface area contributed by atoms with E-state index in [0.29, 0.717) is 6.42 Å². The molecule has 0 aromatic carbocycles. The van der Waals surface area contributed by atoms with Crippen LogP contribution in [-0.2, 0) is 9.59 Å². The molecule has 0 aliphatic heterocycles. The Morgan fingerprint density at radius 2 is 2.20 bits per heavy atom. The molecule has 0 rings (SSSR count). The molecule has 2 unspecified atom stereocenters. The van der Waals surface area contributed by atoms with Crippen LogP contribution in [0.3, 0.4) is 0 Å². The van der Waals surface area contributed by atoms with Crippen LogP contribution in [0.2, 0.25) is 0 Å². The van der Waals surface area contributed by atoms with Crippen LogP contribution in [0.4, 0.5) is 0 Å². The molecule has 0 aromatic heterocycles. The van der Waals surface area contributed by atoms with E-state index in [1.807, 2.05) is 6.92 Å². The van der Waals surface area contributed by atoms with Crippen molar-refractivity contribution in [2.45, 2.75) is 20.3 Å². The first-order chi connectivity index (χ1) is 4.63. The molecule has 1 radical (unpaired) electrons. The van der Waals surface area contributed by atoms with Crippen molar-refractivity contribution in [3.05, 3.63) is 0 Å². The lowest BCUT2D eigenvalue weighted by molar-refractivity contribution is -0.122. The highest BCUT2D eigenvalue weighted by Gasteiger charge is 2.19. The average molecular weight is 142 g/mol. The molecule has 3 heteroatoms. The number of amides is 1. The van der Waals surface area contributed by atoms with E-state index in [1.54, 1.807) is 13.2 Å². The van der Waals surface area contributed by atoms with E-state index >= 15 is 0 Å². The average Bonchev–Trinajstić information content (AvgIpc) is 1.90. The van der Waals surface area contributed by atoms with Crippen LogP contribution in [0.1, 0.15) is 20.3 Å². The molecule has 57 valence electrons. The number of nitrogens with two attached hydrogens (primary N) is 1. The fraction of sp³-hybridized carbons (Fsp3) is 0.714. The summed E-state index contributed by atoms with van der Waals surface area (Å²) in [4.78, 5) is 20.7. The Bertz CT molecular complexity index is 134. The molecule has 2 atom stereocenters. The summed E-state index contributed by atoms with van der Waals surface area (Å²) in [7, 11) is 0. The van der Waals surface area contributed by atoms with Gasteiger partial charge in [-0.2, -0.15) is 0 Å². The van der Waals surface area contributed by atoms with Crippen molar-refractivity contribution < 1.29 is 9.59 Å². The second-order valence-corrected chi connectivity index (χ2v) is 2.32. The third-order valence-corrected chi connectivity index (χ3v) is 1.64. The molecule has 0 aliphatic rings. The first-order valence-corrected chi connectivity index (χ1v) is 3.30. The van der Waals surface area contributed by atoms with Crippen molar-refractivity contribution in [2.24, 2.45) is 17.6 Å². The van der Waals surface area contributed by atoms with Crippen molar-refractivity contribution >= 4 is 12.2 Å². The van der Waals surface area contributed by atoms with Gasteiger partial charge in [0.05, 0.1) is 0 Å². The van der Waals surface area contributed by atoms with Gasteiger partial charge in [0, 0.05) is 11.8 Å². The fourth-order valence-corrected chi connectivity index (χ4v) is 0.737. The number of rotatable bonds is 4. The van der Waals surface area contributed by atoms with Gasteiger partial charge in [-0.05, 0) is 6.42 Å². The Hall–Kier alpha value is -0.860. The summed E-state index contributed by atoms with van der Waals surface area (Å²) in [5.41, 5.74) is 4.97. The second-order valence-electron chi connectivity index (χ2n) is 2.32. The standard InChI is InChI=1S/C7H12NO2/c1-3-6(4-9)5(2)7(8)10/h5-6H,3H2,1-2H3,(H2,8,10). The summed E-state index contributed by atoms with van der Waals surface area (Å²) >= 11 is 0. The Morgan fingerprint density at radius 1 is 1.70 bits per heavy atom. The number of hydrogen-bond donors (Lipinski definition) is 1. The van der Waals surface area contributed by atoms with Gasteiger partial charge >= 0.3 is 0 Å². The summed E-state index contributed by atoms with van der Waals surface area (Å²) in [6, 6.07) is 0. The van der Waals surface area contributed by atoms with E-state index in [9.17, 15) is 9.59 Å². The van der Waals surface area contributed by atoms with Crippen LogP contribution >= 0.6 is 0 Å². The zero-order chi connectivity index (χ0) is 8.15. The van der Waals surface area contributed by atoms with Crippen LogP contribution < -0.4 is 5.73 Å². The molecular formula is C7H12NO2. The van der Waals surface area contributed by atoms with Crippen molar-refractivity contribution in [1.82, 2.24) is 0 Å². The van der Waals surface area contributed by atoms with Gasteiger partial charge in [0.1, 0.15) is 0 Å². The predicted octanol–water partition coefficient (Wildman–Crippen LogP) is 0.244. The van der Waals surface area contributed by atoms with Crippen molar-refractivity contribution in [3.63, 3.8) is 0 Å². The minimum atomic E-state index is -0.435. The maximum absolute atomic E-state index is 10.5. The molecule has 0 heterocycles. The molecule has 0 saturated carbocycles. The summed E-state index contributed by atoms with van der Waals surface area (Å²) in [5.74, 6) is -1.16. The predicted molar refractivity (Wildman–Crippen MR) is 37.8 cm³/mol. The molecule has 0 spiro atoms. The first kappa shape index (κ1) is 9.14. The van der Waals surface area contributed by atoms with Gasteiger partial charge < -0.3 is 5.73 Å². The van der Waals surface area contributed by atoms with Gasteiger partial charge in [0.25, 0.3) is 0 Å². The summed E-state index contributed by atoms with van der Waals surface area (Å²) in [6.07, 6.45) is 2.40. The van der Waals surface area contributed by atoms with Gasteiger partial charge in [0.15, 0.2) is 0 Å². The number of hydrogen-bond acceptors (Lipinski definition) is 2. The van der Waals surface area contributed by atoms with Crippen LogP contribution in [0.15, 0.2) is 0 Å². The van der Waals surface area contributed by atoms with E-state index in [4.69, 9.17) is 5.73 Å². The van der Waals surface area contributed by atoms with E-state index in [-0.39, 0.29) is 11.8 Å². The van der Waals surface area contributed by atoms with Gasteiger partial charge in [-0.15, -0.1) is 0 Å². The highest BCUT2D eigenvalue weighted by atomic mass is 16.1. The summed E-state index contributed by atoms with van der Waals surface area (Å²) in [5, 5.41) is 0. The second kappa shape index (κ2) is 4.04. The lowest BCUT2D eigenvalue weighted by atomic mass is 9.93. The van der Waals surface area contributed by atoms with Gasteiger partial charge in [0.2, 0.25) is 12.2 Å². The number of carbonyl (C=O) groups excluding carboxylic acids is 2. The maximum Gasteiger partial charge on any atom is 0.220 e. The Labute approximate surface area is 60.6 Å². The molecule has 0 saturated heterocycles. The summed E-state index contributed by atoms with van der Waals surface area (Å²) in [6.45, 7) is 3.47. The topological polar surface area (TPSA) is 60.2 Å². The highest BCUT2D eigenvalue weighted by molar-refractivity contribution is 5.79. The molecule has 0 fully saturated rings. The monoisotopic (exact) mass is 142 g/mol. The smallest absolute Gasteiger partial charge is 0.220 e. The minimum Gasteiger partial charge on any atom is -0.369 e. The van der Waals surface area contributed by atoms with Crippen LogP contribution in [0.5, 0.6) is 0 Å². The fourth-order valence-electron chi connectivity index (χ4n) is 0.737. The van der Waals surface area contributed by atoms with E-state index in [1.165, 1.54) is 0 Å². The quantitative estimate of drug-likeness (QED) is 0.611. The Morgan fingerprint density at radius 3 is 2.30 bits per heavy atom. The van der Waals surface area contributed by atoms with E-state index < -0.39 is 5.91 Å². The van der Waals surface area contributed by atoms with Crippen molar-refractivity contribution in [2.75, 3.05) is 0 Å². The Balaban J connectivity index is 4.00. The largest absolute Gasteiger partial charge is 0.369 e. The Kier molecular flexibility index (Phi) is 3.69. The zero-order valence-electron chi connectivity index (χ0n) is 6.26. The lowest BCUT2D eigenvalue weighted by Crippen LogP contribution is -2.27. The minimum absolute atomic E-state index is 0.336. The van der Waals surface area contributed by atoms with Crippen molar-refractivity contribution in [1.29, 1.82) is 0 Å². The van der Waals surface area contributed by atoms with E-state index in [2.05, 4.69) is 0 Å². The molecular weight excluding hydrogens is 130 g/mol. The summed E-state index contributed by atoms with van der Waals surface area (Å²) < 4.78 is 0. The van der Waals surface area contributed by atoms with Crippen LogP contribution in [-0.4, -0.2) is 12.2 Å². The highest BCUT2D eigenvalue weighted by Crippen LogP contribution is 2.11. The third-order valence-electron chi connectivity index (χ3n) is 1.64. The van der Waals surface area contributed by atoms with Gasteiger partial charge in [-0.1, -0.05) is 13.8 Å². The number of primary amides is 1. The lowest BCUT2D eigenvalue weighted by Gasteiger charge is -2.10.